The Hall–Kier alpha value is 0.120. The molecule has 0 aliphatic heterocycles. The Balaban J connectivity index is 0. The van der Waals surface area contributed by atoms with E-state index in [9.17, 15) is 13.2 Å². The van der Waals surface area contributed by atoms with Crippen molar-refractivity contribution in [2.75, 3.05) is 6.61 Å². The van der Waals surface area contributed by atoms with Crippen LogP contribution in [0.5, 0.6) is 0 Å². The summed E-state index contributed by atoms with van der Waals surface area (Å²) in [6, 6.07) is 0. The molecule has 0 aromatic carbocycles. The Labute approximate surface area is 183 Å². The van der Waals surface area contributed by atoms with Gasteiger partial charge in [0.1, 0.15) is 0 Å². The number of nitrogens with one attached hydrogen (secondary N) is 1. The summed E-state index contributed by atoms with van der Waals surface area (Å²) in [6.07, 6.45) is 13.1. The van der Waals surface area contributed by atoms with Crippen molar-refractivity contribution in [1.82, 2.24) is 5.32 Å². The van der Waals surface area contributed by atoms with E-state index in [1.165, 1.54) is 51.9 Å². The normalized spacial score (nSPS) is 13.5. The molecule has 26 heavy (non-hydrogen) atoms. The van der Waals surface area contributed by atoms with Crippen molar-refractivity contribution in [3.63, 3.8) is 0 Å². The molecule has 0 spiro atoms. The first-order valence-corrected chi connectivity index (χ1v) is 11.1. The van der Waals surface area contributed by atoms with Crippen LogP contribution < -0.4 is 5.32 Å². The van der Waals surface area contributed by atoms with Crippen LogP contribution in [-0.2, 0) is 19.1 Å². The molecule has 0 aromatic rings. The van der Waals surface area contributed by atoms with E-state index in [0.717, 1.165) is 25.3 Å². The molecular weight excluding hydrogens is 361 g/mol. The Morgan fingerprint density at radius 2 is 1.46 bits per heavy atom. The van der Waals surface area contributed by atoms with Crippen LogP contribution in [0.15, 0.2) is 12.7 Å². The molecule has 0 aromatic heterocycles. The van der Waals surface area contributed by atoms with Gasteiger partial charge in [-0.25, -0.2) is 0 Å². The molecular formula is C19H38NNaO4S. The first-order chi connectivity index (χ1) is 11.8. The van der Waals surface area contributed by atoms with Crippen molar-refractivity contribution in [3.8, 4) is 0 Å². The van der Waals surface area contributed by atoms with Gasteiger partial charge in [0.15, 0.2) is 4.87 Å². The summed E-state index contributed by atoms with van der Waals surface area (Å²) in [6.45, 7) is 8.78. The van der Waals surface area contributed by atoms with Gasteiger partial charge in [0.05, 0.1) is 6.61 Å². The van der Waals surface area contributed by atoms with Gasteiger partial charge in [-0.1, -0.05) is 71.3 Å². The molecule has 0 radical (unpaired) electrons. The van der Waals surface area contributed by atoms with Crippen molar-refractivity contribution in [2.24, 2.45) is 0 Å². The van der Waals surface area contributed by atoms with Gasteiger partial charge in [0, 0.05) is 0 Å². The summed E-state index contributed by atoms with van der Waals surface area (Å²) in [7, 11) is -3.87. The second-order valence-corrected chi connectivity index (χ2v) is 8.76. The van der Waals surface area contributed by atoms with E-state index in [2.05, 4.69) is 18.8 Å². The molecule has 150 valence electrons. The predicted molar refractivity (Wildman–Crippen MR) is 111 cm³/mol. The topological polar surface area (TPSA) is 72.5 Å². The molecule has 0 heterocycles. The summed E-state index contributed by atoms with van der Waals surface area (Å²) in [5, 5.41) is 2.53. The van der Waals surface area contributed by atoms with Crippen LogP contribution in [0.25, 0.3) is 0 Å². The van der Waals surface area contributed by atoms with Crippen LogP contribution in [0.1, 0.15) is 91.4 Å². The fourth-order valence-corrected chi connectivity index (χ4v) is 3.99. The number of amides is 1. The molecule has 5 nitrogen and oxygen atoms in total. The summed E-state index contributed by atoms with van der Waals surface area (Å²) in [5.41, 5.74) is 0. The zero-order chi connectivity index (χ0) is 19.2. The third-order valence-corrected chi connectivity index (χ3v) is 6.36. The molecule has 0 aliphatic carbocycles. The zero-order valence-electron chi connectivity index (χ0n) is 16.3. The average Bonchev–Trinajstić information content (AvgIpc) is 2.56. The monoisotopic (exact) mass is 399 g/mol. The van der Waals surface area contributed by atoms with Crippen LogP contribution in [0.2, 0.25) is 0 Å². The molecule has 7 heteroatoms. The molecule has 1 amide bonds. The van der Waals surface area contributed by atoms with E-state index in [1.807, 2.05) is 0 Å². The van der Waals surface area contributed by atoms with Crippen molar-refractivity contribution in [1.29, 1.82) is 0 Å². The van der Waals surface area contributed by atoms with Crippen molar-refractivity contribution in [2.45, 2.75) is 96.3 Å². The Morgan fingerprint density at radius 1 is 1.00 bits per heavy atom. The fraction of sp³-hybridized carbons (Fsp3) is 0.842. The molecule has 1 unspecified atom stereocenters. The zero-order valence-corrected chi connectivity index (χ0v) is 17.1. The Morgan fingerprint density at radius 3 is 1.88 bits per heavy atom. The second kappa shape index (κ2) is 16.1. The molecule has 0 fully saturated rings. The van der Waals surface area contributed by atoms with Gasteiger partial charge < -0.3 is 5.32 Å². The Kier molecular flexibility index (Phi) is 17.6. The quantitative estimate of drug-likeness (QED) is 0.184. The predicted octanol–water partition coefficient (Wildman–Crippen LogP) is 4.03. The number of hydrogen-bond acceptors (Lipinski definition) is 4. The minimum atomic E-state index is -3.87. The number of rotatable bonds is 16. The van der Waals surface area contributed by atoms with Crippen LogP contribution in [0.4, 0.5) is 0 Å². The maximum absolute atomic E-state index is 12.3. The van der Waals surface area contributed by atoms with E-state index < -0.39 is 20.9 Å². The number of carbonyl (C=O) groups is 1. The number of unbranched alkanes of at least 4 members (excludes halogenated alkanes) is 9. The average molecular weight is 400 g/mol. The van der Waals surface area contributed by atoms with Gasteiger partial charge in [-0.3, -0.25) is 8.98 Å². The van der Waals surface area contributed by atoms with E-state index in [1.54, 1.807) is 6.92 Å². The van der Waals surface area contributed by atoms with E-state index in [0.29, 0.717) is 6.42 Å². The third-order valence-electron chi connectivity index (χ3n) is 4.41. The van der Waals surface area contributed by atoms with E-state index in [4.69, 9.17) is 4.18 Å². The molecule has 0 aliphatic rings. The van der Waals surface area contributed by atoms with E-state index >= 15 is 0 Å². The first kappa shape index (κ1) is 28.3. The summed E-state index contributed by atoms with van der Waals surface area (Å²) in [4.78, 5) is 10.2. The maximum atomic E-state index is 12.3. The number of carbonyl (C=O) groups excluding carboxylic acids is 1. The van der Waals surface area contributed by atoms with Crippen LogP contribution in [0.3, 0.4) is 0 Å². The minimum absolute atomic E-state index is 0. The van der Waals surface area contributed by atoms with E-state index in [-0.39, 0.29) is 36.2 Å². The first-order valence-electron chi connectivity index (χ1n) is 9.66. The van der Waals surface area contributed by atoms with Crippen molar-refractivity contribution in [3.05, 3.63) is 12.7 Å². The fourth-order valence-electron chi connectivity index (χ4n) is 2.80. The molecule has 0 bridgehead atoms. The van der Waals surface area contributed by atoms with Gasteiger partial charge in [0.25, 0.3) is 10.1 Å². The Bertz CT molecular complexity index is 482. The molecule has 1 atom stereocenters. The van der Waals surface area contributed by atoms with Crippen LogP contribution >= 0.6 is 0 Å². The van der Waals surface area contributed by atoms with Gasteiger partial charge in [-0.05, 0) is 32.8 Å². The summed E-state index contributed by atoms with van der Waals surface area (Å²) < 4.78 is 29.6. The van der Waals surface area contributed by atoms with Crippen LogP contribution in [-0.4, -0.2) is 55.4 Å². The standard InChI is InChI=1S/C19H37NO4S.Na.H/c1-5-8-9-10-11-12-13-14-15-16-17-19(4,20-18(21)6-2)25(22,23)24-7-3;;/h6H,2,5,7-17H2,1,3-4H3,(H,20,21);;. The molecule has 0 saturated heterocycles. The van der Waals surface area contributed by atoms with Gasteiger partial charge in [-0.15, -0.1) is 0 Å². The van der Waals surface area contributed by atoms with Crippen molar-refractivity contribution >= 4 is 45.6 Å². The SMILES string of the molecule is C=CC(=O)NC(C)(CCCCCCCCCCCC)S(=O)(=O)OCC.[NaH]. The van der Waals surface area contributed by atoms with Gasteiger partial charge >= 0.3 is 29.6 Å². The van der Waals surface area contributed by atoms with Gasteiger partial charge in [0.2, 0.25) is 5.91 Å². The molecule has 1 N–H and O–H groups in total. The second-order valence-electron chi connectivity index (χ2n) is 6.72. The van der Waals surface area contributed by atoms with Crippen LogP contribution in [0, 0.1) is 0 Å². The molecule has 0 saturated carbocycles. The van der Waals surface area contributed by atoms with Gasteiger partial charge in [-0.2, -0.15) is 8.42 Å². The number of hydrogen-bond donors (Lipinski definition) is 1. The summed E-state index contributed by atoms with van der Waals surface area (Å²) >= 11 is 0. The molecule has 0 rings (SSSR count). The van der Waals surface area contributed by atoms with Crippen molar-refractivity contribution < 1.29 is 17.4 Å². The third kappa shape index (κ3) is 11.8. The summed E-state index contributed by atoms with van der Waals surface area (Å²) in [5.74, 6) is -0.502.